The zero-order chi connectivity index (χ0) is 12.3. The summed E-state index contributed by atoms with van der Waals surface area (Å²) in [6.07, 6.45) is 0.252. The molecule has 0 aliphatic rings. The second kappa shape index (κ2) is 5.14. The number of nitrogens with two attached hydrogens (primary N) is 1. The zero-order valence-electron chi connectivity index (χ0n) is 8.59. The fourth-order valence-electron chi connectivity index (χ4n) is 1.11. The van der Waals surface area contributed by atoms with Crippen LogP contribution in [0.2, 0.25) is 10.0 Å². The predicted octanol–water partition coefficient (Wildman–Crippen LogP) is 2.97. The SMILES string of the molecule is CN(N=N)C(=N)Cc1cc(Cl)c(Cl)cc1N. The molecule has 0 heterocycles. The molecule has 0 spiro atoms. The molecule has 1 rings (SSSR count). The van der Waals surface area contributed by atoms with E-state index < -0.39 is 0 Å². The van der Waals surface area contributed by atoms with Crippen LogP contribution in [-0.2, 0) is 6.42 Å². The van der Waals surface area contributed by atoms with E-state index in [1.54, 1.807) is 12.1 Å². The molecule has 86 valence electrons. The second-order valence-electron chi connectivity index (χ2n) is 3.21. The fourth-order valence-corrected chi connectivity index (χ4v) is 1.47. The fraction of sp³-hybridized carbons (Fsp3) is 0.222. The quantitative estimate of drug-likeness (QED) is 0.256. The molecule has 0 unspecified atom stereocenters. The number of nitrogen functional groups attached to an aromatic ring is 1. The third-order valence-electron chi connectivity index (χ3n) is 2.08. The van der Waals surface area contributed by atoms with Crippen LogP contribution >= 0.6 is 23.2 Å². The van der Waals surface area contributed by atoms with Gasteiger partial charge in [0.2, 0.25) is 0 Å². The lowest BCUT2D eigenvalue weighted by molar-refractivity contribution is 0.477. The molecule has 1 aromatic carbocycles. The van der Waals surface area contributed by atoms with Crippen molar-refractivity contribution in [1.82, 2.24) is 5.01 Å². The molecular weight excluding hydrogens is 249 g/mol. The summed E-state index contributed by atoms with van der Waals surface area (Å²) in [6.45, 7) is 0. The molecule has 7 heteroatoms. The van der Waals surface area contributed by atoms with Crippen LogP contribution in [0, 0.1) is 10.9 Å². The van der Waals surface area contributed by atoms with Crippen LogP contribution in [0.1, 0.15) is 5.56 Å². The lowest BCUT2D eigenvalue weighted by Gasteiger charge is -2.13. The van der Waals surface area contributed by atoms with E-state index in [1.807, 2.05) is 0 Å². The minimum atomic E-state index is 0.153. The minimum absolute atomic E-state index is 0.153. The number of halogens is 2. The molecule has 0 bridgehead atoms. The van der Waals surface area contributed by atoms with Gasteiger partial charge in [-0.25, -0.2) is 5.01 Å². The largest absolute Gasteiger partial charge is 0.398 e. The van der Waals surface area contributed by atoms with Gasteiger partial charge in [0, 0.05) is 19.2 Å². The molecule has 0 aromatic heterocycles. The highest BCUT2D eigenvalue weighted by atomic mass is 35.5. The third kappa shape index (κ3) is 2.84. The number of hydrogen-bond donors (Lipinski definition) is 3. The average Bonchev–Trinajstić information content (AvgIpc) is 2.24. The van der Waals surface area contributed by atoms with Gasteiger partial charge >= 0.3 is 0 Å². The number of rotatable bonds is 3. The van der Waals surface area contributed by atoms with Crippen LogP contribution in [-0.4, -0.2) is 17.9 Å². The van der Waals surface area contributed by atoms with Gasteiger partial charge in [0.25, 0.3) is 0 Å². The topological polar surface area (TPSA) is 89.3 Å². The summed E-state index contributed by atoms with van der Waals surface area (Å²) in [5, 5.41) is 12.7. The van der Waals surface area contributed by atoms with Crippen LogP contribution in [0.15, 0.2) is 17.4 Å². The van der Waals surface area contributed by atoms with Gasteiger partial charge in [0.05, 0.1) is 10.0 Å². The molecule has 0 fully saturated rings. The Labute approximate surface area is 103 Å². The van der Waals surface area contributed by atoms with Crippen molar-refractivity contribution in [1.29, 1.82) is 10.9 Å². The van der Waals surface area contributed by atoms with Crippen molar-refractivity contribution >= 4 is 34.7 Å². The molecule has 0 radical (unpaired) electrons. The normalized spacial score (nSPS) is 9.94. The third-order valence-corrected chi connectivity index (χ3v) is 2.80. The van der Waals surface area contributed by atoms with Crippen LogP contribution in [0.25, 0.3) is 0 Å². The molecule has 1 aromatic rings. The first kappa shape index (κ1) is 12.7. The smallest absolute Gasteiger partial charge is 0.123 e. The number of benzene rings is 1. The monoisotopic (exact) mass is 259 g/mol. The minimum Gasteiger partial charge on any atom is -0.398 e. The molecule has 0 aliphatic carbocycles. The number of amidine groups is 1. The van der Waals surface area contributed by atoms with Crippen molar-refractivity contribution in [2.24, 2.45) is 5.22 Å². The van der Waals surface area contributed by atoms with Crippen molar-refractivity contribution in [2.75, 3.05) is 12.8 Å². The summed E-state index contributed by atoms with van der Waals surface area (Å²) >= 11 is 11.6. The van der Waals surface area contributed by atoms with E-state index in [9.17, 15) is 0 Å². The van der Waals surface area contributed by atoms with E-state index in [2.05, 4.69) is 5.22 Å². The number of nitrogens with one attached hydrogen (secondary N) is 2. The van der Waals surface area contributed by atoms with Crippen LogP contribution in [0.5, 0.6) is 0 Å². The summed E-state index contributed by atoms with van der Waals surface area (Å²) in [7, 11) is 1.52. The maximum atomic E-state index is 7.63. The van der Waals surface area contributed by atoms with E-state index in [1.165, 1.54) is 7.05 Å². The van der Waals surface area contributed by atoms with Gasteiger partial charge in [-0.3, -0.25) is 5.41 Å². The Morgan fingerprint density at radius 2 is 2.00 bits per heavy atom. The van der Waals surface area contributed by atoms with Gasteiger partial charge in [-0.1, -0.05) is 28.4 Å². The highest BCUT2D eigenvalue weighted by Crippen LogP contribution is 2.27. The molecule has 0 amide bonds. The molecule has 16 heavy (non-hydrogen) atoms. The van der Waals surface area contributed by atoms with Gasteiger partial charge in [-0.15, -0.1) is 0 Å². The molecule has 0 saturated heterocycles. The van der Waals surface area contributed by atoms with Crippen molar-refractivity contribution in [3.63, 3.8) is 0 Å². The molecular formula is C9H11Cl2N5. The molecule has 0 aliphatic heterocycles. The summed E-state index contributed by atoms with van der Waals surface area (Å²) < 4.78 is 0. The van der Waals surface area contributed by atoms with Gasteiger partial charge in [-0.05, 0) is 17.7 Å². The van der Waals surface area contributed by atoms with Crippen LogP contribution in [0.4, 0.5) is 5.69 Å². The van der Waals surface area contributed by atoms with Crippen molar-refractivity contribution in [3.05, 3.63) is 27.7 Å². The lowest BCUT2D eigenvalue weighted by Crippen LogP contribution is -2.21. The van der Waals surface area contributed by atoms with Crippen LogP contribution < -0.4 is 5.73 Å². The molecule has 0 atom stereocenters. The van der Waals surface area contributed by atoms with Crippen molar-refractivity contribution < 1.29 is 0 Å². The van der Waals surface area contributed by atoms with E-state index in [0.717, 1.165) is 5.01 Å². The first-order chi connectivity index (χ1) is 7.45. The van der Waals surface area contributed by atoms with Gasteiger partial charge in [0.15, 0.2) is 0 Å². The van der Waals surface area contributed by atoms with E-state index in [-0.39, 0.29) is 12.3 Å². The second-order valence-corrected chi connectivity index (χ2v) is 4.03. The number of anilines is 1. The number of hydrogen-bond acceptors (Lipinski definition) is 4. The Morgan fingerprint density at radius 1 is 1.44 bits per heavy atom. The molecule has 5 nitrogen and oxygen atoms in total. The average molecular weight is 260 g/mol. The molecule has 4 N–H and O–H groups in total. The predicted molar refractivity (Wildman–Crippen MR) is 65.2 cm³/mol. The summed E-state index contributed by atoms with van der Waals surface area (Å²) in [5.74, 6) is 0.153. The van der Waals surface area contributed by atoms with Crippen molar-refractivity contribution in [2.45, 2.75) is 6.42 Å². The van der Waals surface area contributed by atoms with Crippen LogP contribution in [0.3, 0.4) is 0 Å². The van der Waals surface area contributed by atoms with E-state index in [4.69, 9.17) is 39.9 Å². The number of nitrogens with zero attached hydrogens (tertiary/aromatic N) is 2. The highest BCUT2D eigenvalue weighted by Gasteiger charge is 2.10. The standard InChI is InChI=1S/C9H11Cl2N5/c1-16(15-14)9(13)3-5-2-6(10)7(11)4-8(5)12/h2,4,13-14H,3,12H2,1H3. The highest BCUT2D eigenvalue weighted by molar-refractivity contribution is 6.42. The summed E-state index contributed by atoms with van der Waals surface area (Å²) in [4.78, 5) is 0. The Balaban J connectivity index is 2.94. The van der Waals surface area contributed by atoms with Gasteiger partial charge in [-0.2, -0.15) is 5.53 Å². The van der Waals surface area contributed by atoms with E-state index >= 15 is 0 Å². The van der Waals surface area contributed by atoms with Gasteiger partial charge in [0.1, 0.15) is 5.84 Å². The maximum absolute atomic E-state index is 7.63. The summed E-state index contributed by atoms with van der Waals surface area (Å²) in [5.41, 5.74) is 13.7. The Kier molecular flexibility index (Phi) is 4.09. The first-order valence-corrected chi connectivity index (χ1v) is 5.13. The van der Waals surface area contributed by atoms with E-state index in [0.29, 0.717) is 21.3 Å². The Hall–Kier alpha value is -1.33. The zero-order valence-corrected chi connectivity index (χ0v) is 10.1. The summed E-state index contributed by atoms with van der Waals surface area (Å²) in [6, 6.07) is 3.16. The lowest BCUT2D eigenvalue weighted by atomic mass is 10.1. The van der Waals surface area contributed by atoms with Gasteiger partial charge < -0.3 is 5.73 Å². The Morgan fingerprint density at radius 3 is 2.56 bits per heavy atom. The number of likely N-dealkylation sites (N-methyl/N-ethyl adjacent to an activating group) is 1. The molecule has 0 saturated carbocycles. The first-order valence-electron chi connectivity index (χ1n) is 4.37. The Bertz CT molecular complexity index is 432. The maximum Gasteiger partial charge on any atom is 0.123 e. The van der Waals surface area contributed by atoms with Crippen molar-refractivity contribution in [3.8, 4) is 0 Å².